The van der Waals surface area contributed by atoms with Crippen LogP contribution in [0.2, 0.25) is 0 Å². The molecule has 2 rings (SSSR count). The van der Waals surface area contributed by atoms with Crippen LogP contribution in [-0.2, 0) is 0 Å². The van der Waals surface area contributed by atoms with Gasteiger partial charge in [-0.2, -0.15) is 0 Å². The first kappa shape index (κ1) is 14.7. The number of rotatable bonds is 3. The second-order valence-electron chi connectivity index (χ2n) is 5.22. The lowest BCUT2D eigenvalue weighted by Gasteiger charge is -2.21. The SMILES string of the molecule is CC(NC(=O)N1CCC(C)(O)C1)c1nc(C(=O)O)cs1. The third kappa shape index (κ3) is 3.26. The quantitative estimate of drug-likeness (QED) is 0.774. The summed E-state index contributed by atoms with van der Waals surface area (Å²) < 4.78 is 0. The fourth-order valence-corrected chi connectivity index (χ4v) is 2.84. The van der Waals surface area contributed by atoms with E-state index in [9.17, 15) is 14.7 Å². The van der Waals surface area contributed by atoms with E-state index in [1.807, 2.05) is 0 Å². The van der Waals surface area contributed by atoms with Crippen LogP contribution < -0.4 is 5.32 Å². The normalized spacial score (nSPS) is 23.6. The van der Waals surface area contributed by atoms with Crippen molar-refractivity contribution in [3.05, 3.63) is 16.1 Å². The second-order valence-corrected chi connectivity index (χ2v) is 6.11. The molecule has 2 amide bonds. The van der Waals surface area contributed by atoms with E-state index in [0.717, 1.165) is 0 Å². The molecule has 2 atom stereocenters. The number of carboxylic acids is 1. The Balaban J connectivity index is 1.95. The first-order valence-corrected chi connectivity index (χ1v) is 7.13. The van der Waals surface area contributed by atoms with Crippen molar-refractivity contribution in [2.45, 2.75) is 31.9 Å². The molecule has 1 fully saturated rings. The summed E-state index contributed by atoms with van der Waals surface area (Å²) in [6.07, 6.45) is 0.551. The van der Waals surface area contributed by atoms with E-state index in [1.54, 1.807) is 18.7 Å². The lowest BCUT2D eigenvalue weighted by atomic mass is 10.1. The number of nitrogens with zero attached hydrogens (tertiary/aromatic N) is 2. The van der Waals surface area contributed by atoms with Gasteiger partial charge in [0.2, 0.25) is 0 Å². The highest BCUT2D eigenvalue weighted by Gasteiger charge is 2.34. The summed E-state index contributed by atoms with van der Waals surface area (Å²) in [7, 11) is 0. The molecule has 2 unspecified atom stereocenters. The molecule has 7 nitrogen and oxygen atoms in total. The van der Waals surface area contributed by atoms with Crippen molar-refractivity contribution >= 4 is 23.3 Å². The number of hydrogen-bond donors (Lipinski definition) is 3. The number of aromatic nitrogens is 1. The second kappa shape index (κ2) is 5.37. The van der Waals surface area contributed by atoms with Crippen molar-refractivity contribution in [3.8, 4) is 0 Å². The average Bonchev–Trinajstić information content (AvgIpc) is 2.95. The Morgan fingerprint density at radius 3 is 2.80 bits per heavy atom. The summed E-state index contributed by atoms with van der Waals surface area (Å²) in [6.45, 7) is 4.24. The van der Waals surface area contributed by atoms with Crippen molar-refractivity contribution in [1.29, 1.82) is 0 Å². The standard InChI is InChI=1S/C12H17N3O4S/c1-7(9-14-8(5-20-9)10(16)17)13-11(18)15-4-3-12(2,19)6-15/h5,7,19H,3-4,6H2,1-2H3,(H,13,18)(H,16,17). The molecule has 0 radical (unpaired) electrons. The van der Waals surface area contributed by atoms with Crippen LogP contribution >= 0.6 is 11.3 Å². The summed E-state index contributed by atoms with van der Waals surface area (Å²) in [5.41, 5.74) is -0.853. The zero-order valence-corrected chi connectivity index (χ0v) is 12.1. The van der Waals surface area contributed by atoms with Gasteiger partial charge in [-0.05, 0) is 20.3 Å². The largest absolute Gasteiger partial charge is 0.476 e. The van der Waals surface area contributed by atoms with Crippen LogP contribution in [0.15, 0.2) is 5.38 Å². The first-order chi connectivity index (χ1) is 9.28. The van der Waals surface area contributed by atoms with E-state index in [-0.39, 0.29) is 17.8 Å². The number of likely N-dealkylation sites (tertiary alicyclic amines) is 1. The third-order valence-electron chi connectivity index (χ3n) is 3.19. The van der Waals surface area contributed by atoms with E-state index in [1.165, 1.54) is 16.7 Å². The zero-order chi connectivity index (χ0) is 14.9. The molecule has 8 heteroatoms. The number of nitrogens with one attached hydrogen (secondary N) is 1. The van der Waals surface area contributed by atoms with Crippen molar-refractivity contribution < 1.29 is 19.8 Å². The van der Waals surface area contributed by atoms with Crippen molar-refractivity contribution in [3.63, 3.8) is 0 Å². The van der Waals surface area contributed by atoms with E-state index in [2.05, 4.69) is 10.3 Å². The number of carbonyl (C=O) groups is 2. The first-order valence-electron chi connectivity index (χ1n) is 6.25. The Hall–Kier alpha value is -1.67. The molecule has 0 spiro atoms. The number of thiazole rings is 1. The van der Waals surface area contributed by atoms with Gasteiger partial charge in [-0.15, -0.1) is 11.3 Å². The number of β-amino-alcohol motifs (C(OH)–C–C–N with tert-alkyl or cyclic N) is 1. The van der Waals surface area contributed by atoms with Gasteiger partial charge < -0.3 is 20.4 Å². The summed E-state index contributed by atoms with van der Waals surface area (Å²) in [4.78, 5) is 28.3. The lowest BCUT2D eigenvalue weighted by Crippen LogP contribution is -2.41. The van der Waals surface area contributed by atoms with Gasteiger partial charge >= 0.3 is 12.0 Å². The molecule has 0 aromatic carbocycles. The van der Waals surface area contributed by atoms with Gasteiger partial charge in [0.15, 0.2) is 5.69 Å². The highest BCUT2D eigenvalue weighted by molar-refractivity contribution is 7.09. The summed E-state index contributed by atoms with van der Waals surface area (Å²) in [5.74, 6) is -1.08. The molecule has 110 valence electrons. The molecule has 2 heterocycles. The van der Waals surface area contributed by atoms with Crippen LogP contribution in [0.25, 0.3) is 0 Å². The van der Waals surface area contributed by atoms with Gasteiger partial charge in [0.05, 0.1) is 18.2 Å². The van der Waals surface area contributed by atoms with Gasteiger partial charge in [0.1, 0.15) is 5.01 Å². The molecular weight excluding hydrogens is 282 g/mol. The third-order valence-corrected chi connectivity index (χ3v) is 4.22. The van der Waals surface area contributed by atoms with Gasteiger partial charge in [-0.25, -0.2) is 14.6 Å². The Kier molecular flexibility index (Phi) is 3.96. The van der Waals surface area contributed by atoms with Crippen LogP contribution in [0.3, 0.4) is 0 Å². The maximum atomic E-state index is 12.0. The molecule has 0 aliphatic carbocycles. The van der Waals surface area contributed by atoms with Crippen molar-refractivity contribution in [2.75, 3.05) is 13.1 Å². The Morgan fingerprint density at radius 2 is 2.30 bits per heavy atom. The lowest BCUT2D eigenvalue weighted by molar-refractivity contribution is 0.0689. The predicted molar refractivity (Wildman–Crippen MR) is 72.8 cm³/mol. The molecule has 20 heavy (non-hydrogen) atoms. The van der Waals surface area contributed by atoms with E-state index >= 15 is 0 Å². The highest BCUT2D eigenvalue weighted by atomic mass is 32.1. The summed E-state index contributed by atoms with van der Waals surface area (Å²) in [6, 6.07) is -0.645. The minimum Gasteiger partial charge on any atom is -0.476 e. The van der Waals surface area contributed by atoms with Gasteiger partial charge in [0.25, 0.3) is 0 Å². The Bertz CT molecular complexity index is 529. The van der Waals surface area contributed by atoms with Gasteiger partial charge in [0, 0.05) is 11.9 Å². The molecule has 1 saturated heterocycles. The van der Waals surface area contributed by atoms with Crippen LogP contribution in [0, 0.1) is 0 Å². The maximum Gasteiger partial charge on any atom is 0.355 e. The van der Waals surface area contributed by atoms with Crippen LogP contribution in [0.5, 0.6) is 0 Å². The fraction of sp³-hybridized carbons (Fsp3) is 0.583. The Morgan fingerprint density at radius 1 is 1.60 bits per heavy atom. The number of aliphatic hydroxyl groups is 1. The minimum absolute atomic E-state index is 0.0183. The molecule has 1 aromatic rings. The highest BCUT2D eigenvalue weighted by Crippen LogP contribution is 2.22. The molecule has 1 aliphatic heterocycles. The smallest absolute Gasteiger partial charge is 0.355 e. The van der Waals surface area contributed by atoms with E-state index in [4.69, 9.17) is 5.11 Å². The van der Waals surface area contributed by atoms with Crippen LogP contribution in [0.1, 0.15) is 41.8 Å². The van der Waals surface area contributed by atoms with Crippen molar-refractivity contribution in [1.82, 2.24) is 15.2 Å². The molecule has 0 bridgehead atoms. The van der Waals surface area contributed by atoms with Crippen LogP contribution in [0.4, 0.5) is 4.79 Å². The summed E-state index contributed by atoms with van der Waals surface area (Å²) in [5, 5.41) is 23.4. The van der Waals surface area contributed by atoms with Crippen molar-refractivity contribution in [2.24, 2.45) is 0 Å². The van der Waals surface area contributed by atoms with Gasteiger partial charge in [-0.3, -0.25) is 0 Å². The summed E-state index contributed by atoms with van der Waals surface area (Å²) >= 11 is 1.20. The predicted octanol–water partition coefficient (Wildman–Crippen LogP) is 1.07. The topological polar surface area (TPSA) is 103 Å². The van der Waals surface area contributed by atoms with Gasteiger partial charge in [-0.1, -0.05) is 0 Å². The molecule has 3 N–H and O–H groups in total. The number of hydrogen-bond acceptors (Lipinski definition) is 5. The molecular formula is C12H17N3O4S. The van der Waals surface area contributed by atoms with E-state index < -0.39 is 11.6 Å². The molecule has 0 saturated carbocycles. The molecule has 1 aromatic heterocycles. The van der Waals surface area contributed by atoms with Crippen LogP contribution in [-0.4, -0.2) is 50.8 Å². The zero-order valence-electron chi connectivity index (χ0n) is 11.3. The average molecular weight is 299 g/mol. The fourth-order valence-electron chi connectivity index (χ4n) is 2.04. The number of aromatic carboxylic acids is 1. The number of urea groups is 1. The number of amides is 2. The number of carboxylic acid groups (broad SMARTS) is 1. The molecule has 1 aliphatic rings. The maximum absolute atomic E-state index is 12.0. The van der Waals surface area contributed by atoms with E-state index in [0.29, 0.717) is 24.5 Å². The minimum atomic E-state index is -1.08. The monoisotopic (exact) mass is 299 g/mol. The Labute approximate surface area is 120 Å². The number of carbonyl (C=O) groups excluding carboxylic acids is 1.